The van der Waals surface area contributed by atoms with Gasteiger partial charge in [-0.3, -0.25) is 0 Å². The van der Waals surface area contributed by atoms with E-state index in [1.54, 1.807) is 6.92 Å². The Labute approximate surface area is 158 Å². The standard InChI is InChI=1S/C18H24F6O4/c1-5-15(28-10(4)16(26,17(19,20)21)18(22,23)24)8-11-6-12(15)7-13(11)27-14(25)9(2)3/h10-13,26H,2,5-8H2,1,3-4H3. The van der Waals surface area contributed by atoms with Crippen molar-refractivity contribution in [2.45, 2.75) is 82.2 Å². The summed E-state index contributed by atoms with van der Waals surface area (Å²) in [5.74, 6) is -1.19. The van der Waals surface area contributed by atoms with Gasteiger partial charge in [0.25, 0.3) is 5.60 Å². The minimum absolute atomic E-state index is 0.151. The largest absolute Gasteiger partial charge is 0.459 e. The summed E-state index contributed by atoms with van der Waals surface area (Å²) < 4.78 is 89.3. The van der Waals surface area contributed by atoms with Crippen LogP contribution in [0.3, 0.4) is 0 Å². The van der Waals surface area contributed by atoms with Gasteiger partial charge < -0.3 is 14.6 Å². The van der Waals surface area contributed by atoms with Gasteiger partial charge in [-0.05, 0) is 51.4 Å². The second kappa shape index (κ2) is 7.19. The molecule has 0 spiro atoms. The fraction of sp³-hybridized carbons (Fsp3) is 0.833. The Morgan fingerprint density at radius 3 is 2.11 bits per heavy atom. The van der Waals surface area contributed by atoms with Gasteiger partial charge in [-0.25, -0.2) is 4.79 Å². The first kappa shape index (κ1) is 23.0. The average Bonchev–Trinajstić information content (AvgIpc) is 3.09. The van der Waals surface area contributed by atoms with Gasteiger partial charge in [0.2, 0.25) is 0 Å². The molecule has 0 aromatic heterocycles. The van der Waals surface area contributed by atoms with Crippen molar-refractivity contribution in [3.63, 3.8) is 0 Å². The van der Waals surface area contributed by atoms with Crippen molar-refractivity contribution in [2.24, 2.45) is 11.8 Å². The van der Waals surface area contributed by atoms with Crippen molar-refractivity contribution in [3.8, 4) is 0 Å². The first-order chi connectivity index (χ1) is 12.6. The van der Waals surface area contributed by atoms with Crippen LogP contribution in [-0.4, -0.2) is 46.8 Å². The topological polar surface area (TPSA) is 55.8 Å². The van der Waals surface area contributed by atoms with Crippen molar-refractivity contribution < 1.29 is 45.7 Å². The summed E-state index contributed by atoms with van der Waals surface area (Å²) in [5.41, 5.74) is -6.02. The Morgan fingerprint density at radius 1 is 1.21 bits per heavy atom. The molecule has 28 heavy (non-hydrogen) atoms. The highest BCUT2D eigenvalue weighted by Crippen LogP contribution is 2.57. The van der Waals surface area contributed by atoms with Crippen molar-refractivity contribution >= 4 is 5.97 Å². The lowest BCUT2D eigenvalue weighted by molar-refractivity contribution is -0.400. The number of carbonyl (C=O) groups excluding carboxylic acids is 1. The highest BCUT2D eigenvalue weighted by molar-refractivity contribution is 5.87. The lowest BCUT2D eigenvalue weighted by atomic mass is 9.80. The van der Waals surface area contributed by atoms with Gasteiger partial charge in [0.1, 0.15) is 12.2 Å². The molecule has 2 fully saturated rings. The SMILES string of the molecule is C=C(C)C(=O)OC1CC2CC1CC2(CC)OC(C)C(O)(C(F)(F)F)C(F)(F)F. The molecule has 10 heteroatoms. The molecule has 0 aromatic rings. The zero-order valence-electron chi connectivity index (χ0n) is 15.8. The van der Waals surface area contributed by atoms with E-state index in [9.17, 15) is 36.2 Å². The second-order valence-corrected chi connectivity index (χ2v) is 7.80. The van der Waals surface area contributed by atoms with Gasteiger partial charge in [-0.15, -0.1) is 0 Å². The molecule has 0 aromatic carbocycles. The molecular weight excluding hydrogens is 394 g/mol. The van der Waals surface area contributed by atoms with E-state index >= 15 is 0 Å². The Bertz CT molecular complexity index is 615. The van der Waals surface area contributed by atoms with E-state index in [4.69, 9.17) is 9.47 Å². The minimum Gasteiger partial charge on any atom is -0.459 e. The zero-order chi connectivity index (χ0) is 21.7. The highest BCUT2D eigenvalue weighted by Gasteiger charge is 2.74. The number of esters is 1. The van der Waals surface area contributed by atoms with E-state index in [0.29, 0.717) is 13.3 Å². The first-order valence-electron chi connectivity index (χ1n) is 8.99. The Kier molecular flexibility index (Phi) is 5.91. The molecule has 5 atom stereocenters. The Morgan fingerprint density at radius 2 is 1.75 bits per heavy atom. The normalized spacial score (nSPS) is 31.7. The zero-order valence-corrected chi connectivity index (χ0v) is 15.8. The van der Waals surface area contributed by atoms with Crippen molar-refractivity contribution in [2.75, 3.05) is 0 Å². The maximum Gasteiger partial charge on any atom is 0.428 e. The lowest BCUT2D eigenvalue weighted by Crippen LogP contribution is -2.65. The molecule has 0 heterocycles. The number of ether oxygens (including phenoxy) is 2. The molecule has 2 aliphatic rings. The number of aliphatic hydroxyl groups is 1. The van der Waals surface area contributed by atoms with E-state index in [-0.39, 0.29) is 36.7 Å². The van der Waals surface area contributed by atoms with Crippen LogP contribution in [-0.2, 0) is 14.3 Å². The summed E-state index contributed by atoms with van der Waals surface area (Å²) in [7, 11) is 0. The van der Waals surface area contributed by atoms with E-state index in [1.165, 1.54) is 6.92 Å². The van der Waals surface area contributed by atoms with Crippen LogP contribution in [0, 0.1) is 11.8 Å². The molecule has 4 nitrogen and oxygen atoms in total. The van der Waals surface area contributed by atoms with Crippen molar-refractivity contribution in [3.05, 3.63) is 12.2 Å². The smallest absolute Gasteiger partial charge is 0.428 e. The summed E-state index contributed by atoms with van der Waals surface area (Å²) in [5, 5.41) is 9.57. The Hall–Kier alpha value is -1.29. The summed E-state index contributed by atoms with van der Waals surface area (Å²) >= 11 is 0. The van der Waals surface area contributed by atoms with Crippen LogP contribution in [0.15, 0.2) is 12.2 Å². The predicted molar refractivity (Wildman–Crippen MR) is 86.2 cm³/mol. The summed E-state index contributed by atoms with van der Waals surface area (Å²) in [6.07, 6.45) is -13.9. The quantitative estimate of drug-likeness (QED) is 0.397. The molecule has 1 N–H and O–H groups in total. The van der Waals surface area contributed by atoms with E-state index in [0.717, 1.165) is 0 Å². The third kappa shape index (κ3) is 3.65. The molecule has 5 unspecified atom stereocenters. The molecule has 0 aliphatic heterocycles. The molecular formula is C18H24F6O4. The van der Waals surface area contributed by atoms with Gasteiger partial charge in [-0.2, -0.15) is 26.3 Å². The van der Waals surface area contributed by atoms with Crippen molar-refractivity contribution in [1.29, 1.82) is 0 Å². The third-order valence-electron chi connectivity index (χ3n) is 6.05. The highest BCUT2D eigenvalue weighted by atomic mass is 19.4. The summed E-state index contributed by atoms with van der Waals surface area (Å²) in [4.78, 5) is 11.7. The second-order valence-electron chi connectivity index (χ2n) is 7.80. The molecule has 0 radical (unpaired) electrons. The molecule has 0 amide bonds. The lowest BCUT2D eigenvalue weighted by Gasteiger charge is -2.45. The van der Waals surface area contributed by atoms with Gasteiger partial charge >= 0.3 is 18.3 Å². The molecule has 2 aliphatic carbocycles. The van der Waals surface area contributed by atoms with Crippen LogP contribution in [0.2, 0.25) is 0 Å². The van der Waals surface area contributed by atoms with Crippen LogP contribution in [0.25, 0.3) is 0 Å². The molecule has 2 bridgehead atoms. The van der Waals surface area contributed by atoms with E-state index in [2.05, 4.69) is 6.58 Å². The van der Waals surface area contributed by atoms with Crippen LogP contribution in [0.4, 0.5) is 26.3 Å². The van der Waals surface area contributed by atoms with Gasteiger partial charge in [0.15, 0.2) is 0 Å². The number of fused-ring (bicyclic) bond motifs is 2. The Balaban J connectivity index is 2.19. The maximum absolute atomic E-state index is 13.1. The maximum atomic E-state index is 13.1. The molecule has 162 valence electrons. The monoisotopic (exact) mass is 418 g/mol. The summed E-state index contributed by atoms with van der Waals surface area (Å²) in [6.45, 7) is 7.15. The van der Waals surface area contributed by atoms with Gasteiger partial charge in [0, 0.05) is 5.57 Å². The molecule has 2 rings (SSSR count). The number of rotatable bonds is 6. The fourth-order valence-corrected chi connectivity index (χ4v) is 4.44. The number of alkyl halides is 6. The van der Waals surface area contributed by atoms with E-state index < -0.39 is 41.7 Å². The molecule has 0 saturated heterocycles. The fourth-order valence-electron chi connectivity index (χ4n) is 4.44. The summed E-state index contributed by atoms with van der Waals surface area (Å²) in [6, 6.07) is 0. The number of hydrogen-bond donors (Lipinski definition) is 1. The van der Waals surface area contributed by atoms with Crippen LogP contribution >= 0.6 is 0 Å². The predicted octanol–water partition coefficient (Wildman–Crippen LogP) is 4.31. The van der Waals surface area contributed by atoms with E-state index in [1.807, 2.05) is 0 Å². The van der Waals surface area contributed by atoms with Crippen LogP contribution in [0.5, 0.6) is 0 Å². The number of halogens is 6. The first-order valence-corrected chi connectivity index (χ1v) is 8.99. The van der Waals surface area contributed by atoms with Crippen molar-refractivity contribution in [1.82, 2.24) is 0 Å². The van der Waals surface area contributed by atoms with Gasteiger partial charge in [0.05, 0.1) is 5.60 Å². The van der Waals surface area contributed by atoms with Crippen LogP contribution < -0.4 is 0 Å². The van der Waals surface area contributed by atoms with Crippen LogP contribution in [0.1, 0.15) is 46.5 Å². The number of hydrogen-bond acceptors (Lipinski definition) is 4. The van der Waals surface area contributed by atoms with Gasteiger partial charge in [-0.1, -0.05) is 13.5 Å². The number of carbonyl (C=O) groups is 1. The average molecular weight is 418 g/mol. The molecule has 2 saturated carbocycles. The third-order valence-corrected chi connectivity index (χ3v) is 6.05. The minimum atomic E-state index is -5.95.